The molecule has 0 atom stereocenters. The lowest BCUT2D eigenvalue weighted by molar-refractivity contribution is -0.147. The van der Waals surface area contributed by atoms with Gasteiger partial charge in [0.05, 0.1) is 25.2 Å². The van der Waals surface area contributed by atoms with E-state index in [4.69, 9.17) is 9.47 Å². The molecule has 0 bridgehead atoms. The summed E-state index contributed by atoms with van der Waals surface area (Å²) in [4.78, 5) is 11.5. The standard InChI is InChI=1S/C13H15FO4/c1-17-8-4-5-9(18-2)11(14)10(8)13(12(15)16)6-3-7-13/h4-5H,3,6-7H2,1-2H3,(H,15,16). The number of carboxylic acid groups (broad SMARTS) is 1. The van der Waals surface area contributed by atoms with E-state index in [2.05, 4.69) is 0 Å². The summed E-state index contributed by atoms with van der Waals surface area (Å²) in [6.45, 7) is 0. The van der Waals surface area contributed by atoms with Gasteiger partial charge in [0.2, 0.25) is 0 Å². The third-order valence-electron chi connectivity index (χ3n) is 3.60. The molecule has 0 aliphatic heterocycles. The predicted molar refractivity (Wildman–Crippen MR) is 62.7 cm³/mol. The average molecular weight is 254 g/mol. The van der Waals surface area contributed by atoms with Gasteiger partial charge < -0.3 is 14.6 Å². The Labute approximate surface area is 104 Å². The number of carboxylic acids is 1. The summed E-state index contributed by atoms with van der Waals surface area (Å²) in [5.41, 5.74) is -1.08. The zero-order chi connectivity index (χ0) is 13.3. The Morgan fingerprint density at radius 2 is 1.83 bits per heavy atom. The second kappa shape index (κ2) is 4.48. The van der Waals surface area contributed by atoms with E-state index in [0.29, 0.717) is 12.8 Å². The molecule has 1 aromatic carbocycles. The summed E-state index contributed by atoms with van der Waals surface area (Å²) < 4.78 is 24.3. The average Bonchev–Trinajstić information content (AvgIpc) is 2.29. The Bertz CT molecular complexity index is 480. The summed E-state index contributed by atoms with van der Waals surface area (Å²) in [5, 5.41) is 9.38. The Morgan fingerprint density at radius 1 is 1.28 bits per heavy atom. The first-order chi connectivity index (χ1) is 8.56. The van der Waals surface area contributed by atoms with E-state index >= 15 is 0 Å². The van der Waals surface area contributed by atoms with Crippen LogP contribution in [-0.2, 0) is 10.2 Å². The van der Waals surface area contributed by atoms with Crippen molar-refractivity contribution < 1.29 is 23.8 Å². The number of aliphatic carboxylic acids is 1. The molecule has 0 saturated heterocycles. The minimum atomic E-state index is -1.18. The second-order valence-corrected chi connectivity index (χ2v) is 4.40. The van der Waals surface area contributed by atoms with Crippen molar-refractivity contribution in [3.8, 4) is 11.5 Å². The van der Waals surface area contributed by atoms with Crippen LogP contribution in [0.5, 0.6) is 11.5 Å². The van der Waals surface area contributed by atoms with Crippen LogP contribution < -0.4 is 9.47 Å². The molecule has 0 spiro atoms. The van der Waals surface area contributed by atoms with Crippen LogP contribution in [0.3, 0.4) is 0 Å². The summed E-state index contributed by atoms with van der Waals surface area (Å²) in [7, 11) is 2.75. The summed E-state index contributed by atoms with van der Waals surface area (Å²) in [5.74, 6) is -1.35. The molecule has 0 radical (unpaired) electrons. The maximum atomic E-state index is 14.3. The minimum Gasteiger partial charge on any atom is -0.496 e. The molecular formula is C13H15FO4. The van der Waals surface area contributed by atoms with E-state index in [9.17, 15) is 14.3 Å². The van der Waals surface area contributed by atoms with Crippen LogP contribution in [0.4, 0.5) is 4.39 Å². The fraction of sp³-hybridized carbons (Fsp3) is 0.462. The van der Waals surface area contributed by atoms with Crippen molar-refractivity contribution >= 4 is 5.97 Å². The molecule has 0 unspecified atom stereocenters. The van der Waals surface area contributed by atoms with E-state index in [1.54, 1.807) is 6.07 Å². The molecular weight excluding hydrogens is 239 g/mol. The van der Waals surface area contributed by atoms with E-state index < -0.39 is 17.2 Å². The van der Waals surface area contributed by atoms with E-state index in [-0.39, 0.29) is 17.1 Å². The predicted octanol–water partition coefficient (Wildman–Crippen LogP) is 2.35. The fourth-order valence-electron chi connectivity index (χ4n) is 2.41. The lowest BCUT2D eigenvalue weighted by Gasteiger charge is -2.39. The maximum Gasteiger partial charge on any atom is 0.314 e. The zero-order valence-corrected chi connectivity index (χ0v) is 10.3. The molecule has 2 rings (SSSR count). The summed E-state index contributed by atoms with van der Waals surface area (Å²) >= 11 is 0. The van der Waals surface area contributed by atoms with Crippen LogP contribution in [0.15, 0.2) is 12.1 Å². The first kappa shape index (κ1) is 12.7. The van der Waals surface area contributed by atoms with Crippen molar-refractivity contribution in [2.75, 3.05) is 14.2 Å². The van der Waals surface area contributed by atoms with Crippen LogP contribution in [-0.4, -0.2) is 25.3 Å². The monoisotopic (exact) mass is 254 g/mol. The fourth-order valence-corrected chi connectivity index (χ4v) is 2.41. The van der Waals surface area contributed by atoms with Crippen LogP contribution in [0, 0.1) is 5.82 Å². The van der Waals surface area contributed by atoms with Gasteiger partial charge in [-0.15, -0.1) is 0 Å². The Balaban J connectivity index is 2.64. The number of hydrogen-bond acceptors (Lipinski definition) is 3. The molecule has 1 saturated carbocycles. The van der Waals surface area contributed by atoms with Crippen molar-refractivity contribution in [3.05, 3.63) is 23.5 Å². The number of rotatable bonds is 4. The first-order valence-corrected chi connectivity index (χ1v) is 5.71. The zero-order valence-electron chi connectivity index (χ0n) is 10.3. The van der Waals surface area contributed by atoms with Gasteiger partial charge in [-0.05, 0) is 25.0 Å². The highest BCUT2D eigenvalue weighted by Gasteiger charge is 2.50. The molecule has 4 nitrogen and oxygen atoms in total. The van der Waals surface area contributed by atoms with Gasteiger partial charge in [-0.2, -0.15) is 0 Å². The van der Waals surface area contributed by atoms with Crippen molar-refractivity contribution in [1.82, 2.24) is 0 Å². The van der Waals surface area contributed by atoms with Gasteiger partial charge in [0, 0.05) is 0 Å². The number of halogens is 1. The van der Waals surface area contributed by atoms with Crippen molar-refractivity contribution in [1.29, 1.82) is 0 Å². The summed E-state index contributed by atoms with van der Waals surface area (Å²) in [6, 6.07) is 2.98. The number of carbonyl (C=O) groups is 1. The van der Waals surface area contributed by atoms with Crippen LogP contribution >= 0.6 is 0 Å². The van der Waals surface area contributed by atoms with E-state index in [1.165, 1.54) is 20.3 Å². The summed E-state index contributed by atoms with van der Waals surface area (Å²) in [6.07, 6.45) is 1.61. The molecule has 1 aliphatic rings. The van der Waals surface area contributed by atoms with Gasteiger partial charge in [-0.1, -0.05) is 6.42 Å². The topological polar surface area (TPSA) is 55.8 Å². The maximum absolute atomic E-state index is 14.3. The number of ether oxygens (including phenoxy) is 2. The lowest BCUT2D eigenvalue weighted by Crippen LogP contribution is -2.43. The highest BCUT2D eigenvalue weighted by atomic mass is 19.1. The molecule has 1 aromatic rings. The smallest absolute Gasteiger partial charge is 0.314 e. The number of methoxy groups -OCH3 is 2. The van der Waals surface area contributed by atoms with Crippen LogP contribution in [0.25, 0.3) is 0 Å². The molecule has 1 aliphatic carbocycles. The van der Waals surface area contributed by atoms with Gasteiger partial charge in [0.25, 0.3) is 0 Å². The Kier molecular flexibility index (Phi) is 3.15. The second-order valence-electron chi connectivity index (χ2n) is 4.40. The first-order valence-electron chi connectivity index (χ1n) is 5.71. The molecule has 18 heavy (non-hydrogen) atoms. The van der Waals surface area contributed by atoms with Crippen molar-refractivity contribution in [3.63, 3.8) is 0 Å². The van der Waals surface area contributed by atoms with Gasteiger partial charge in [-0.3, -0.25) is 4.79 Å². The van der Waals surface area contributed by atoms with Crippen molar-refractivity contribution in [2.24, 2.45) is 0 Å². The van der Waals surface area contributed by atoms with E-state index in [1.807, 2.05) is 0 Å². The normalized spacial score (nSPS) is 16.8. The van der Waals surface area contributed by atoms with Gasteiger partial charge in [-0.25, -0.2) is 4.39 Å². The molecule has 98 valence electrons. The van der Waals surface area contributed by atoms with Crippen LogP contribution in [0.1, 0.15) is 24.8 Å². The van der Waals surface area contributed by atoms with E-state index in [0.717, 1.165) is 6.42 Å². The van der Waals surface area contributed by atoms with Gasteiger partial charge in [0.1, 0.15) is 5.75 Å². The molecule has 1 N–H and O–H groups in total. The van der Waals surface area contributed by atoms with Crippen LogP contribution in [0.2, 0.25) is 0 Å². The number of benzene rings is 1. The lowest BCUT2D eigenvalue weighted by atomic mass is 9.64. The van der Waals surface area contributed by atoms with Crippen molar-refractivity contribution in [2.45, 2.75) is 24.7 Å². The van der Waals surface area contributed by atoms with Gasteiger partial charge in [0.15, 0.2) is 11.6 Å². The SMILES string of the molecule is COc1ccc(OC)c(C2(C(=O)O)CCC2)c1F. The highest BCUT2D eigenvalue weighted by molar-refractivity contribution is 5.84. The molecule has 1 fully saturated rings. The Morgan fingerprint density at radius 3 is 2.22 bits per heavy atom. The van der Waals surface area contributed by atoms with Gasteiger partial charge >= 0.3 is 5.97 Å². The highest BCUT2D eigenvalue weighted by Crippen LogP contribution is 2.49. The minimum absolute atomic E-state index is 0.0401. The molecule has 0 amide bonds. The third-order valence-corrected chi connectivity index (χ3v) is 3.60. The molecule has 0 heterocycles. The molecule has 0 aromatic heterocycles. The quantitative estimate of drug-likeness (QED) is 0.896. The largest absolute Gasteiger partial charge is 0.496 e. The number of hydrogen-bond donors (Lipinski definition) is 1. The molecule has 5 heteroatoms. The Hall–Kier alpha value is -1.78. The third kappa shape index (κ3) is 1.62.